The summed E-state index contributed by atoms with van der Waals surface area (Å²) >= 11 is 2.48. The molecule has 0 fully saturated rings. The van der Waals surface area contributed by atoms with Gasteiger partial charge in [0.15, 0.2) is 5.16 Å². The molecule has 3 aromatic rings. The monoisotopic (exact) mass is 441 g/mol. The van der Waals surface area contributed by atoms with Crippen molar-refractivity contribution in [3.63, 3.8) is 0 Å². The highest BCUT2D eigenvalue weighted by atomic mass is 32.2. The first-order valence-electron chi connectivity index (χ1n) is 8.45. The predicted octanol–water partition coefficient (Wildman–Crippen LogP) is 5.16. The lowest BCUT2D eigenvalue weighted by Crippen LogP contribution is -2.22. The first-order chi connectivity index (χ1) is 13.8. The molecule has 0 aliphatic heterocycles. The van der Waals surface area contributed by atoms with Crippen LogP contribution in [0.1, 0.15) is 17.0 Å². The van der Waals surface area contributed by atoms with E-state index in [1.165, 1.54) is 23.5 Å². The Kier molecular flexibility index (Phi) is 6.86. The molecule has 0 radical (unpaired) electrons. The van der Waals surface area contributed by atoms with E-state index in [-0.39, 0.29) is 28.9 Å². The van der Waals surface area contributed by atoms with E-state index in [2.05, 4.69) is 15.3 Å². The van der Waals surface area contributed by atoms with Gasteiger partial charge >= 0.3 is 6.18 Å². The molecule has 0 aliphatic rings. The summed E-state index contributed by atoms with van der Waals surface area (Å²) in [6.07, 6.45) is -4.54. The van der Waals surface area contributed by atoms with Crippen molar-refractivity contribution in [1.29, 1.82) is 0 Å². The van der Waals surface area contributed by atoms with Crippen molar-refractivity contribution in [3.8, 4) is 11.3 Å². The van der Waals surface area contributed by atoms with Crippen molar-refractivity contribution >= 4 is 29.0 Å². The molecule has 0 atom stereocenters. The summed E-state index contributed by atoms with van der Waals surface area (Å²) in [6, 6.07) is 9.60. The van der Waals surface area contributed by atoms with Crippen LogP contribution >= 0.6 is 23.1 Å². The smallest absolute Gasteiger partial charge is 0.351 e. The van der Waals surface area contributed by atoms with Gasteiger partial charge in [0, 0.05) is 22.6 Å². The average molecular weight is 441 g/mol. The quantitative estimate of drug-likeness (QED) is 0.313. The van der Waals surface area contributed by atoms with Crippen LogP contribution in [0.15, 0.2) is 53.0 Å². The molecule has 152 valence electrons. The molecule has 0 saturated heterocycles. The van der Waals surface area contributed by atoms with Gasteiger partial charge in [0.2, 0.25) is 5.91 Å². The molecule has 1 aromatic carbocycles. The molecule has 29 heavy (non-hydrogen) atoms. The Balaban J connectivity index is 1.66. The van der Waals surface area contributed by atoms with E-state index in [9.17, 15) is 22.4 Å². The van der Waals surface area contributed by atoms with Crippen LogP contribution in [0.3, 0.4) is 0 Å². The molecule has 1 amide bonds. The van der Waals surface area contributed by atoms with Gasteiger partial charge in [-0.1, -0.05) is 17.8 Å². The van der Waals surface area contributed by atoms with E-state index in [0.29, 0.717) is 12.1 Å². The summed E-state index contributed by atoms with van der Waals surface area (Å²) < 4.78 is 52.7. The molecule has 0 saturated carbocycles. The number of carbonyl (C=O) groups is 1. The minimum Gasteiger partial charge on any atom is -0.351 e. The third kappa shape index (κ3) is 6.26. The van der Waals surface area contributed by atoms with Crippen LogP contribution in [0.5, 0.6) is 0 Å². The van der Waals surface area contributed by atoms with Crippen molar-refractivity contribution in [2.24, 2.45) is 0 Å². The van der Waals surface area contributed by atoms with E-state index in [4.69, 9.17) is 0 Å². The number of hydrogen-bond donors (Lipinski definition) is 1. The highest BCUT2D eigenvalue weighted by molar-refractivity contribution is 7.99. The van der Waals surface area contributed by atoms with Crippen LogP contribution in [0.2, 0.25) is 0 Å². The highest BCUT2D eigenvalue weighted by Gasteiger charge is 2.33. The van der Waals surface area contributed by atoms with Crippen LogP contribution in [-0.2, 0) is 17.5 Å². The maximum atomic E-state index is 13.2. The number of nitrogens with one attached hydrogen (secondary N) is 1. The summed E-state index contributed by atoms with van der Waals surface area (Å²) in [5.74, 6) is -0.487. The SMILES string of the molecule is O=C(CCSc1nc(-c2ccc(F)cc2)cc(C(F)(F)F)n1)NCc1cccs1. The summed E-state index contributed by atoms with van der Waals surface area (Å²) in [5, 5.41) is 4.56. The summed E-state index contributed by atoms with van der Waals surface area (Å²) in [4.78, 5) is 20.6. The largest absolute Gasteiger partial charge is 0.433 e. The molecule has 3 rings (SSSR count). The number of nitrogens with zero attached hydrogens (tertiary/aromatic N) is 2. The fourth-order valence-corrected chi connectivity index (χ4v) is 3.77. The zero-order valence-electron chi connectivity index (χ0n) is 14.9. The molecule has 0 unspecified atom stereocenters. The van der Waals surface area contributed by atoms with Gasteiger partial charge in [-0.3, -0.25) is 4.79 Å². The van der Waals surface area contributed by atoms with Gasteiger partial charge in [0.05, 0.1) is 12.2 Å². The normalized spacial score (nSPS) is 11.4. The predicted molar refractivity (Wildman–Crippen MR) is 104 cm³/mol. The number of hydrogen-bond acceptors (Lipinski definition) is 5. The molecule has 1 N–H and O–H groups in total. The zero-order valence-corrected chi connectivity index (χ0v) is 16.5. The second-order valence-corrected chi connectivity index (χ2v) is 7.97. The van der Waals surface area contributed by atoms with Gasteiger partial charge in [-0.05, 0) is 41.8 Å². The van der Waals surface area contributed by atoms with Gasteiger partial charge in [-0.2, -0.15) is 13.2 Å². The van der Waals surface area contributed by atoms with E-state index < -0.39 is 17.7 Å². The third-order valence-corrected chi connectivity index (χ3v) is 5.46. The topological polar surface area (TPSA) is 54.9 Å². The van der Waals surface area contributed by atoms with Gasteiger partial charge in [0.25, 0.3) is 0 Å². The number of benzene rings is 1. The van der Waals surface area contributed by atoms with E-state index >= 15 is 0 Å². The lowest BCUT2D eigenvalue weighted by molar-refractivity contribution is -0.141. The standard InChI is InChI=1S/C19H15F4N3OS2/c20-13-5-3-12(4-6-13)15-10-16(19(21,22)23)26-18(25-15)29-9-7-17(27)24-11-14-2-1-8-28-14/h1-6,8,10H,7,9,11H2,(H,24,27). The first kappa shape index (κ1) is 21.3. The summed E-state index contributed by atoms with van der Waals surface area (Å²) in [6.45, 7) is 0.413. The minimum absolute atomic E-state index is 0.0389. The number of carbonyl (C=O) groups excluding carboxylic acids is 1. The maximum absolute atomic E-state index is 13.2. The Hall–Kier alpha value is -2.46. The summed E-state index contributed by atoms with van der Waals surface area (Å²) in [5.41, 5.74) is -0.705. The Bertz CT molecular complexity index is 961. The van der Waals surface area contributed by atoms with E-state index in [0.717, 1.165) is 34.8 Å². The molecule has 0 bridgehead atoms. The van der Waals surface area contributed by atoms with Gasteiger partial charge in [-0.25, -0.2) is 14.4 Å². The van der Waals surface area contributed by atoms with E-state index in [1.807, 2.05) is 17.5 Å². The third-order valence-electron chi connectivity index (χ3n) is 3.74. The van der Waals surface area contributed by atoms with E-state index in [1.54, 1.807) is 0 Å². The molecular formula is C19H15F4N3OS2. The lowest BCUT2D eigenvalue weighted by atomic mass is 10.1. The van der Waals surface area contributed by atoms with Gasteiger partial charge < -0.3 is 5.32 Å². The number of thioether (sulfide) groups is 1. The van der Waals surface area contributed by atoms with Crippen molar-refractivity contribution in [1.82, 2.24) is 15.3 Å². The zero-order chi connectivity index (χ0) is 20.9. The minimum atomic E-state index is -4.65. The number of alkyl halides is 3. The Labute approximate surface area is 172 Å². The van der Waals surface area contributed by atoms with Crippen molar-refractivity contribution in [3.05, 3.63) is 64.2 Å². The number of rotatable bonds is 7. The maximum Gasteiger partial charge on any atom is 0.433 e. The Morgan fingerprint density at radius 3 is 2.55 bits per heavy atom. The van der Waals surface area contributed by atoms with Crippen LogP contribution in [-0.4, -0.2) is 21.6 Å². The molecule has 0 aliphatic carbocycles. The second kappa shape index (κ2) is 9.36. The number of amides is 1. The van der Waals surface area contributed by atoms with Crippen molar-refractivity contribution < 1.29 is 22.4 Å². The van der Waals surface area contributed by atoms with Crippen molar-refractivity contribution in [2.75, 3.05) is 5.75 Å². The van der Waals surface area contributed by atoms with Crippen LogP contribution in [0.4, 0.5) is 17.6 Å². The number of thiophene rings is 1. The lowest BCUT2D eigenvalue weighted by Gasteiger charge is -2.10. The second-order valence-electron chi connectivity index (χ2n) is 5.88. The average Bonchev–Trinajstić information content (AvgIpc) is 3.20. The van der Waals surface area contributed by atoms with Crippen LogP contribution < -0.4 is 5.32 Å². The molecule has 2 aromatic heterocycles. The van der Waals surface area contributed by atoms with Crippen molar-refractivity contribution in [2.45, 2.75) is 24.3 Å². The van der Waals surface area contributed by atoms with Crippen LogP contribution in [0, 0.1) is 5.82 Å². The molecule has 10 heteroatoms. The number of halogens is 4. The van der Waals surface area contributed by atoms with Crippen LogP contribution in [0.25, 0.3) is 11.3 Å². The Morgan fingerprint density at radius 1 is 1.14 bits per heavy atom. The number of aromatic nitrogens is 2. The van der Waals surface area contributed by atoms with Gasteiger partial charge in [-0.15, -0.1) is 11.3 Å². The molecule has 4 nitrogen and oxygen atoms in total. The highest BCUT2D eigenvalue weighted by Crippen LogP contribution is 2.32. The molecule has 2 heterocycles. The van der Waals surface area contributed by atoms with Gasteiger partial charge in [0.1, 0.15) is 11.5 Å². The summed E-state index contributed by atoms with van der Waals surface area (Å²) in [7, 11) is 0. The molecular weight excluding hydrogens is 426 g/mol. The fourth-order valence-electron chi connectivity index (χ4n) is 2.33. The molecule has 0 spiro atoms. The fraction of sp³-hybridized carbons (Fsp3) is 0.211. The first-order valence-corrected chi connectivity index (χ1v) is 10.3. The Morgan fingerprint density at radius 2 is 1.90 bits per heavy atom.